The van der Waals surface area contributed by atoms with E-state index < -0.39 is 23.1 Å². The molecule has 212 valence electrons. The van der Waals surface area contributed by atoms with Gasteiger partial charge in [0.15, 0.2) is 0 Å². The Balaban J connectivity index is 1.59. The number of halogens is 3. The van der Waals surface area contributed by atoms with Crippen LogP contribution in [0.1, 0.15) is 42.7 Å². The summed E-state index contributed by atoms with van der Waals surface area (Å²) in [5.74, 6) is -0.644. The number of hydrogen-bond donors (Lipinski definition) is 1. The first-order valence-corrected chi connectivity index (χ1v) is 13.1. The van der Waals surface area contributed by atoms with E-state index in [4.69, 9.17) is 14.2 Å². The number of carbonyl (C=O) groups excluding carboxylic acids is 2. The maximum absolute atomic E-state index is 14.5. The zero-order valence-electron chi connectivity index (χ0n) is 22.3. The first kappa shape index (κ1) is 28.9. The van der Waals surface area contributed by atoms with Gasteiger partial charge in [-0.1, -0.05) is 48.5 Å². The topological polar surface area (TPSA) is 77.1 Å². The summed E-state index contributed by atoms with van der Waals surface area (Å²) in [6.07, 6.45) is -3.27. The van der Waals surface area contributed by atoms with E-state index in [1.807, 2.05) is 24.3 Å². The third kappa shape index (κ3) is 5.63. The van der Waals surface area contributed by atoms with Crippen molar-refractivity contribution in [3.63, 3.8) is 0 Å². The third-order valence-corrected chi connectivity index (χ3v) is 8.03. The number of ether oxygens (including phenoxy) is 3. The molecular weight excluding hydrogens is 513 g/mol. The minimum atomic E-state index is -4.97. The van der Waals surface area contributed by atoms with Crippen molar-refractivity contribution in [1.82, 2.24) is 10.2 Å². The van der Waals surface area contributed by atoms with Gasteiger partial charge in [0.2, 0.25) is 5.91 Å². The van der Waals surface area contributed by atoms with Crippen LogP contribution in [0.2, 0.25) is 0 Å². The van der Waals surface area contributed by atoms with Gasteiger partial charge in [-0.25, -0.2) is 0 Å². The molecule has 10 heteroatoms. The summed E-state index contributed by atoms with van der Waals surface area (Å²) in [5, 5.41) is 2.95. The lowest BCUT2D eigenvalue weighted by atomic mass is 9.62. The second-order valence-corrected chi connectivity index (χ2v) is 10.2. The molecule has 2 aromatic rings. The number of benzene rings is 2. The number of carbonyl (C=O) groups is 2. The van der Waals surface area contributed by atoms with Crippen LogP contribution in [0.5, 0.6) is 5.75 Å². The van der Waals surface area contributed by atoms with Crippen LogP contribution in [0.15, 0.2) is 54.6 Å². The van der Waals surface area contributed by atoms with Crippen LogP contribution in [0.25, 0.3) is 0 Å². The molecule has 2 aliphatic heterocycles. The quantitative estimate of drug-likeness (QED) is 0.470. The summed E-state index contributed by atoms with van der Waals surface area (Å²) in [5.41, 5.74) is -2.95. The molecule has 4 rings (SSSR count). The Hall–Kier alpha value is -3.11. The van der Waals surface area contributed by atoms with E-state index >= 15 is 0 Å². The molecule has 0 bridgehead atoms. The van der Waals surface area contributed by atoms with E-state index in [0.717, 1.165) is 19.1 Å². The van der Waals surface area contributed by atoms with Gasteiger partial charge < -0.3 is 24.4 Å². The number of nitrogens with one attached hydrogen (secondary N) is 1. The lowest BCUT2D eigenvalue weighted by Crippen LogP contribution is -2.60. The van der Waals surface area contributed by atoms with Gasteiger partial charge in [0.05, 0.1) is 6.61 Å². The number of nitrogens with zero attached hydrogens (tertiary/aromatic N) is 1. The van der Waals surface area contributed by atoms with Gasteiger partial charge >= 0.3 is 6.18 Å². The second-order valence-electron chi connectivity index (χ2n) is 10.2. The average molecular weight is 549 g/mol. The largest absolute Gasteiger partial charge is 0.493 e. The van der Waals surface area contributed by atoms with E-state index in [-0.39, 0.29) is 36.9 Å². The lowest BCUT2D eigenvalue weighted by molar-refractivity contribution is -0.271. The Labute approximate surface area is 226 Å². The summed E-state index contributed by atoms with van der Waals surface area (Å²) in [4.78, 5) is 27.4. The summed E-state index contributed by atoms with van der Waals surface area (Å²) in [6, 6.07) is 14.7. The number of rotatable bonds is 9. The zero-order valence-corrected chi connectivity index (χ0v) is 22.3. The molecule has 1 spiro atoms. The SMILES string of the molecule is COCCCOc1ccccc1[C@@H]1CNC(=O)CC12CCN(C(=O)[C@](OC)(c1ccccc1)C(F)(F)F)CC2. The molecule has 2 aromatic carbocycles. The molecule has 2 aliphatic rings. The van der Waals surface area contributed by atoms with Gasteiger partial charge in [0.25, 0.3) is 11.5 Å². The lowest BCUT2D eigenvalue weighted by Gasteiger charge is -2.50. The highest BCUT2D eigenvalue weighted by Crippen LogP contribution is 2.52. The van der Waals surface area contributed by atoms with Crippen LogP contribution in [-0.2, 0) is 24.7 Å². The Morgan fingerprint density at radius 1 is 1.03 bits per heavy atom. The normalized spacial score (nSPS) is 20.8. The van der Waals surface area contributed by atoms with Crippen molar-refractivity contribution in [2.75, 3.05) is 47.1 Å². The van der Waals surface area contributed by atoms with Crippen molar-refractivity contribution in [2.24, 2.45) is 5.41 Å². The van der Waals surface area contributed by atoms with Crippen molar-refractivity contribution < 1.29 is 37.0 Å². The van der Waals surface area contributed by atoms with Crippen molar-refractivity contribution in [2.45, 2.75) is 43.4 Å². The minimum Gasteiger partial charge on any atom is -0.493 e. The molecule has 2 heterocycles. The van der Waals surface area contributed by atoms with E-state index in [1.165, 1.54) is 29.2 Å². The molecule has 7 nitrogen and oxygen atoms in total. The van der Waals surface area contributed by atoms with E-state index in [1.54, 1.807) is 13.2 Å². The summed E-state index contributed by atoms with van der Waals surface area (Å²) in [7, 11) is 2.54. The van der Waals surface area contributed by atoms with Crippen LogP contribution < -0.4 is 10.1 Å². The zero-order chi connectivity index (χ0) is 28.1. The van der Waals surface area contributed by atoms with E-state index in [2.05, 4.69) is 5.32 Å². The van der Waals surface area contributed by atoms with Crippen LogP contribution in [0.3, 0.4) is 0 Å². The van der Waals surface area contributed by atoms with E-state index in [9.17, 15) is 22.8 Å². The number of likely N-dealkylation sites (tertiary alicyclic amines) is 1. The Kier molecular flexibility index (Phi) is 8.86. The predicted molar refractivity (Wildman–Crippen MR) is 138 cm³/mol. The van der Waals surface area contributed by atoms with Crippen molar-refractivity contribution >= 4 is 11.8 Å². The molecule has 0 aromatic heterocycles. The number of alkyl halides is 3. The fraction of sp³-hybridized carbons (Fsp3) is 0.517. The smallest absolute Gasteiger partial charge is 0.430 e. The van der Waals surface area contributed by atoms with E-state index in [0.29, 0.717) is 38.3 Å². The van der Waals surface area contributed by atoms with Crippen molar-refractivity contribution in [3.8, 4) is 5.75 Å². The van der Waals surface area contributed by atoms with Gasteiger partial charge in [0, 0.05) is 64.8 Å². The van der Waals surface area contributed by atoms with Gasteiger partial charge in [-0.05, 0) is 29.9 Å². The summed E-state index contributed by atoms with van der Waals surface area (Å²) < 4.78 is 59.7. The molecule has 39 heavy (non-hydrogen) atoms. The fourth-order valence-electron chi connectivity index (χ4n) is 5.97. The molecule has 2 atom stereocenters. The Morgan fingerprint density at radius 2 is 1.69 bits per heavy atom. The highest BCUT2D eigenvalue weighted by Gasteiger charge is 2.64. The molecular formula is C29H35F3N2O5. The fourth-order valence-corrected chi connectivity index (χ4v) is 5.97. The standard InChI is InChI=1S/C29H35F3N2O5/c1-37-17-8-18-39-24-12-7-6-11-22(24)23-20-33-25(35)19-27(23)13-15-34(16-14-27)26(36)28(38-2,29(30,31)32)21-9-4-3-5-10-21/h3-7,9-12,23H,8,13-20H2,1-2H3,(H,33,35)/t23-,28+/m0/s1. The molecule has 1 N–H and O–H groups in total. The highest BCUT2D eigenvalue weighted by molar-refractivity contribution is 5.88. The number of hydrogen-bond acceptors (Lipinski definition) is 5. The Bertz CT molecular complexity index is 1140. The molecule has 0 unspecified atom stereocenters. The summed E-state index contributed by atoms with van der Waals surface area (Å²) >= 11 is 0. The first-order chi connectivity index (χ1) is 18.7. The van der Waals surface area contributed by atoms with Crippen LogP contribution in [-0.4, -0.2) is 70.0 Å². The van der Waals surface area contributed by atoms with Gasteiger partial charge in [-0.15, -0.1) is 0 Å². The van der Waals surface area contributed by atoms with Crippen LogP contribution in [0, 0.1) is 5.41 Å². The number of amides is 2. The molecule has 2 amide bonds. The highest BCUT2D eigenvalue weighted by atomic mass is 19.4. The average Bonchev–Trinajstić information content (AvgIpc) is 2.92. The monoisotopic (exact) mass is 548 g/mol. The second kappa shape index (κ2) is 12.0. The number of para-hydroxylation sites is 1. The van der Waals surface area contributed by atoms with Gasteiger partial charge in [-0.3, -0.25) is 9.59 Å². The molecule has 0 aliphatic carbocycles. The molecule has 2 fully saturated rings. The molecule has 0 radical (unpaired) electrons. The maximum atomic E-state index is 14.5. The molecule has 0 saturated carbocycles. The first-order valence-electron chi connectivity index (χ1n) is 13.1. The van der Waals surface area contributed by atoms with Crippen molar-refractivity contribution in [3.05, 3.63) is 65.7 Å². The minimum absolute atomic E-state index is 0.0769. The third-order valence-electron chi connectivity index (χ3n) is 8.03. The number of methoxy groups -OCH3 is 2. The van der Waals surface area contributed by atoms with Crippen LogP contribution in [0.4, 0.5) is 13.2 Å². The summed E-state index contributed by atoms with van der Waals surface area (Å²) in [6.45, 7) is 1.58. The maximum Gasteiger partial charge on any atom is 0.430 e. The number of piperidine rings is 2. The Morgan fingerprint density at radius 3 is 2.33 bits per heavy atom. The predicted octanol–water partition coefficient (Wildman–Crippen LogP) is 4.42. The molecule has 2 saturated heterocycles. The van der Waals surface area contributed by atoms with Crippen molar-refractivity contribution in [1.29, 1.82) is 0 Å². The van der Waals surface area contributed by atoms with Crippen LogP contribution >= 0.6 is 0 Å². The van der Waals surface area contributed by atoms with Gasteiger partial charge in [0.1, 0.15) is 5.75 Å². The van der Waals surface area contributed by atoms with Gasteiger partial charge in [-0.2, -0.15) is 13.2 Å².